The molecule has 0 N–H and O–H groups in total. The number of hydrogen-bond acceptors (Lipinski definition) is 1. The van der Waals surface area contributed by atoms with Crippen LogP contribution in [0.15, 0.2) is 24.3 Å². The summed E-state index contributed by atoms with van der Waals surface area (Å²) in [5.74, 6) is 6.31. The van der Waals surface area contributed by atoms with Crippen LogP contribution >= 0.6 is 23.0 Å². The molecule has 3 aliphatic rings. The van der Waals surface area contributed by atoms with Gasteiger partial charge in [0.1, 0.15) is 5.75 Å². The van der Waals surface area contributed by atoms with Crippen molar-refractivity contribution >= 4 is 23.0 Å². The highest BCUT2D eigenvalue weighted by molar-refractivity contribution is 14.1. The number of benzene rings is 1. The van der Waals surface area contributed by atoms with Crippen molar-refractivity contribution in [3.05, 3.63) is 29.8 Å². The lowest BCUT2D eigenvalue weighted by Gasteiger charge is -2.23. The zero-order valence-corrected chi connectivity index (χ0v) is 13.4. The monoisotopic (exact) mass is 368 g/mol. The third kappa shape index (κ3) is 2.20. The first-order valence-electron chi connectivity index (χ1n) is 7.71. The summed E-state index contributed by atoms with van der Waals surface area (Å²) in [5.41, 5.74) is 1.46. The van der Waals surface area contributed by atoms with Gasteiger partial charge in [-0.2, -0.15) is 0 Å². The molecule has 2 heteroatoms. The van der Waals surface area contributed by atoms with Crippen LogP contribution in [0.5, 0.6) is 5.75 Å². The number of hydrogen-bond donors (Lipinski definition) is 0. The van der Waals surface area contributed by atoms with Crippen LogP contribution in [0.3, 0.4) is 0 Å². The van der Waals surface area contributed by atoms with E-state index in [-0.39, 0.29) is 0 Å². The van der Waals surface area contributed by atoms with E-state index in [1.165, 1.54) is 37.7 Å². The molecule has 4 rings (SSSR count). The van der Waals surface area contributed by atoms with Crippen molar-refractivity contribution < 1.29 is 3.07 Å². The fourth-order valence-electron chi connectivity index (χ4n) is 5.35. The molecule has 0 amide bonds. The van der Waals surface area contributed by atoms with Crippen molar-refractivity contribution in [2.24, 2.45) is 29.6 Å². The second kappa shape index (κ2) is 4.94. The minimum atomic E-state index is 0.933. The van der Waals surface area contributed by atoms with Crippen molar-refractivity contribution in [3.8, 4) is 5.75 Å². The molecule has 1 aromatic carbocycles. The van der Waals surface area contributed by atoms with Gasteiger partial charge in [-0.05, 0) is 85.8 Å². The van der Waals surface area contributed by atoms with Gasteiger partial charge in [0.2, 0.25) is 0 Å². The lowest BCUT2D eigenvalue weighted by Crippen LogP contribution is -2.15. The van der Waals surface area contributed by atoms with E-state index in [1.54, 1.807) is 6.42 Å². The van der Waals surface area contributed by atoms with Gasteiger partial charge >= 0.3 is 0 Å². The molecule has 0 heterocycles. The van der Waals surface area contributed by atoms with Crippen molar-refractivity contribution in [1.29, 1.82) is 0 Å². The molecule has 1 nitrogen and oxygen atoms in total. The van der Waals surface area contributed by atoms with Crippen LogP contribution in [0.25, 0.3) is 0 Å². The Kier molecular flexibility index (Phi) is 3.25. The maximum atomic E-state index is 5.31. The molecule has 0 saturated heterocycles. The van der Waals surface area contributed by atoms with Gasteiger partial charge in [-0.1, -0.05) is 12.1 Å². The lowest BCUT2D eigenvalue weighted by atomic mass is 9.82. The molecular weight excluding hydrogens is 347 g/mol. The van der Waals surface area contributed by atoms with E-state index in [1.807, 2.05) is 29.1 Å². The second-order valence-electron chi connectivity index (χ2n) is 6.93. The third-order valence-electron chi connectivity index (χ3n) is 6.00. The van der Waals surface area contributed by atoms with Gasteiger partial charge in [0.05, 0.1) is 0 Å². The first-order chi connectivity index (χ1) is 9.33. The zero-order chi connectivity index (χ0) is 12.8. The minimum Gasteiger partial charge on any atom is -0.428 e. The summed E-state index contributed by atoms with van der Waals surface area (Å²) in [7, 11) is 0. The molecule has 19 heavy (non-hydrogen) atoms. The summed E-state index contributed by atoms with van der Waals surface area (Å²) in [5, 5.41) is 0. The summed E-state index contributed by atoms with van der Waals surface area (Å²) in [6.07, 6.45) is 8.91. The zero-order valence-electron chi connectivity index (χ0n) is 11.2. The standard InChI is InChI=1S/C17H21IO/c18-19-15-3-1-2-11(7-15)6-12-8-16-13-4-5-14(10-13)17(16)9-12/h1-3,7,12-14,16-17H,4-6,8-10H2. The summed E-state index contributed by atoms with van der Waals surface area (Å²) in [6.45, 7) is 0. The topological polar surface area (TPSA) is 9.23 Å². The fourth-order valence-corrected chi connectivity index (χ4v) is 5.62. The van der Waals surface area contributed by atoms with E-state index in [0.717, 1.165) is 35.3 Å². The maximum Gasteiger partial charge on any atom is 0.192 e. The highest BCUT2D eigenvalue weighted by Crippen LogP contribution is 2.60. The first-order valence-corrected chi connectivity index (χ1v) is 8.59. The molecule has 2 bridgehead atoms. The molecule has 3 aliphatic carbocycles. The van der Waals surface area contributed by atoms with Gasteiger partial charge in [-0.25, -0.2) is 0 Å². The Labute approximate surface area is 129 Å². The Hall–Kier alpha value is -0.250. The predicted octanol–water partition coefficient (Wildman–Crippen LogP) is 5.03. The number of fused-ring (bicyclic) bond motifs is 5. The van der Waals surface area contributed by atoms with Crippen LogP contribution < -0.4 is 3.07 Å². The van der Waals surface area contributed by atoms with Crippen LogP contribution in [0.1, 0.15) is 37.7 Å². The first kappa shape index (κ1) is 12.5. The van der Waals surface area contributed by atoms with Crippen LogP contribution in [0, 0.1) is 29.6 Å². The van der Waals surface area contributed by atoms with E-state index in [0.29, 0.717) is 0 Å². The van der Waals surface area contributed by atoms with Crippen molar-refractivity contribution in [2.75, 3.05) is 0 Å². The predicted molar refractivity (Wildman–Crippen MR) is 85.3 cm³/mol. The summed E-state index contributed by atoms with van der Waals surface area (Å²) < 4.78 is 5.31. The molecule has 4 unspecified atom stereocenters. The molecular formula is C17H21IO. The minimum absolute atomic E-state index is 0.933. The van der Waals surface area contributed by atoms with Gasteiger partial charge in [-0.3, -0.25) is 0 Å². The summed E-state index contributed by atoms with van der Waals surface area (Å²) >= 11 is 1.97. The van der Waals surface area contributed by atoms with E-state index >= 15 is 0 Å². The summed E-state index contributed by atoms with van der Waals surface area (Å²) in [6, 6.07) is 8.65. The normalized spacial score (nSPS) is 39.5. The molecule has 0 aliphatic heterocycles. The average molecular weight is 368 g/mol. The van der Waals surface area contributed by atoms with E-state index < -0.39 is 0 Å². The van der Waals surface area contributed by atoms with Gasteiger partial charge in [-0.15, -0.1) is 0 Å². The highest BCUT2D eigenvalue weighted by atomic mass is 127. The number of halogens is 1. The molecule has 3 saturated carbocycles. The molecule has 1 aromatic rings. The average Bonchev–Trinajstić information content (AvgIpc) is 3.10. The molecule has 4 atom stereocenters. The van der Waals surface area contributed by atoms with Crippen LogP contribution in [-0.4, -0.2) is 0 Å². The van der Waals surface area contributed by atoms with Gasteiger partial charge in [0.15, 0.2) is 23.0 Å². The SMILES string of the molecule is IOc1cccc(CC2CC3C4CCC(C4)C3C2)c1. The molecule has 3 fully saturated rings. The van der Waals surface area contributed by atoms with Gasteiger partial charge in [0.25, 0.3) is 0 Å². The summed E-state index contributed by atoms with van der Waals surface area (Å²) in [4.78, 5) is 0. The van der Waals surface area contributed by atoms with Crippen molar-refractivity contribution in [3.63, 3.8) is 0 Å². The van der Waals surface area contributed by atoms with E-state index in [2.05, 4.69) is 18.2 Å². The maximum absolute atomic E-state index is 5.31. The van der Waals surface area contributed by atoms with Crippen LogP contribution in [-0.2, 0) is 6.42 Å². The lowest BCUT2D eigenvalue weighted by molar-refractivity contribution is 0.259. The van der Waals surface area contributed by atoms with Gasteiger partial charge in [0, 0.05) is 0 Å². The Morgan fingerprint density at radius 3 is 2.47 bits per heavy atom. The van der Waals surface area contributed by atoms with Crippen molar-refractivity contribution in [1.82, 2.24) is 0 Å². The Balaban J connectivity index is 1.44. The third-order valence-corrected chi connectivity index (χ3v) is 6.51. The fraction of sp³-hybridized carbons (Fsp3) is 0.647. The Morgan fingerprint density at radius 2 is 1.79 bits per heavy atom. The van der Waals surface area contributed by atoms with Crippen LogP contribution in [0.2, 0.25) is 0 Å². The van der Waals surface area contributed by atoms with Crippen molar-refractivity contribution in [2.45, 2.75) is 38.5 Å². The second-order valence-corrected chi connectivity index (χ2v) is 7.37. The quantitative estimate of drug-likeness (QED) is 0.680. The smallest absolute Gasteiger partial charge is 0.192 e. The van der Waals surface area contributed by atoms with Crippen LogP contribution in [0.4, 0.5) is 0 Å². The molecule has 102 valence electrons. The van der Waals surface area contributed by atoms with Gasteiger partial charge < -0.3 is 3.07 Å². The van der Waals surface area contributed by atoms with E-state index in [9.17, 15) is 0 Å². The largest absolute Gasteiger partial charge is 0.428 e. The Morgan fingerprint density at radius 1 is 1.05 bits per heavy atom. The number of rotatable bonds is 3. The molecule has 0 spiro atoms. The van der Waals surface area contributed by atoms with E-state index in [4.69, 9.17) is 3.07 Å². The molecule has 0 aromatic heterocycles. The Bertz CT molecular complexity index is 454. The highest BCUT2D eigenvalue weighted by Gasteiger charge is 2.51. The molecule has 0 radical (unpaired) electrons.